The Kier molecular flexibility index (Phi) is 5.58. The van der Waals surface area contributed by atoms with Gasteiger partial charge in [-0.1, -0.05) is 0 Å². The lowest BCUT2D eigenvalue weighted by Gasteiger charge is -2.25. The Hall–Kier alpha value is -3.51. The van der Waals surface area contributed by atoms with Crippen LogP contribution in [0.15, 0.2) is 30.6 Å². The molecule has 0 spiro atoms. The Labute approximate surface area is 182 Å². The lowest BCUT2D eigenvalue weighted by Crippen LogP contribution is -2.33. The molecule has 1 atom stereocenters. The van der Waals surface area contributed by atoms with Gasteiger partial charge in [0.25, 0.3) is 5.91 Å². The number of carbonyl (C=O) groups is 1. The van der Waals surface area contributed by atoms with Crippen molar-refractivity contribution in [3.05, 3.63) is 58.9 Å². The van der Waals surface area contributed by atoms with Crippen molar-refractivity contribution in [1.82, 2.24) is 30.0 Å². The van der Waals surface area contributed by atoms with Crippen molar-refractivity contribution < 1.29 is 31.1 Å². The Morgan fingerprint density at radius 1 is 1.09 bits per heavy atom. The molecule has 3 aromatic rings. The third-order valence-corrected chi connectivity index (χ3v) is 5.18. The quantitative estimate of drug-likeness (QED) is 0.583. The van der Waals surface area contributed by atoms with Gasteiger partial charge >= 0.3 is 12.4 Å². The maximum Gasteiger partial charge on any atom is 0.435 e. The summed E-state index contributed by atoms with van der Waals surface area (Å²) in [6, 6.07) is 2.16. The van der Waals surface area contributed by atoms with E-state index >= 15 is 0 Å². The highest BCUT2D eigenvalue weighted by molar-refractivity contribution is 5.93. The van der Waals surface area contributed by atoms with E-state index in [1.54, 1.807) is 0 Å². The fraction of sp³-hybridized carbons (Fsp3) is 0.350. The Morgan fingerprint density at radius 2 is 1.82 bits per heavy atom. The van der Waals surface area contributed by atoms with E-state index in [4.69, 9.17) is 0 Å². The third kappa shape index (κ3) is 4.66. The van der Waals surface area contributed by atoms with E-state index in [9.17, 15) is 31.1 Å². The molecule has 1 aliphatic rings. The van der Waals surface area contributed by atoms with Crippen molar-refractivity contribution in [2.24, 2.45) is 7.05 Å². The average molecular weight is 470 g/mol. The van der Waals surface area contributed by atoms with Crippen molar-refractivity contribution in [3.63, 3.8) is 0 Å². The molecule has 7 nitrogen and oxygen atoms in total. The minimum Gasteiger partial charge on any atom is -0.342 e. The van der Waals surface area contributed by atoms with Crippen LogP contribution in [0.3, 0.4) is 0 Å². The van der Waals surface area contributed by atoms with Gasteiger partial charge in [0.15, 0.2) is 11.5 Å². The minimum absolute atomic E-state index is 0.0164. The highest BCUT2D eigenvalue weighted by atomic mass is 19.4. The number of nitrogens with zero attached hydrogens (tertiary/aromatic N) is 5. The molecule has 1 N–H and O–H groups in total. The molecule has 4 rings (SSSR count). The van der Waals surface area contributed by atoms with Gasteiger partial charge in [-0.3, -0.25) is 14.5 Å². The van der Waals surface area contributed by atoms with E-state index in [2.05, 4.69) is 25.4 Å². The van der Waals surface area contributed by atoms with Gasteiger partial charge in [0.1, 0.15) is 11.4 Å². The molecule has 0 unspecified atom stereocenters. The molecule has 0 aliphatic heterocycles. The second kappa shape index (κ2) is 8.12. The highest BCUT2D eigenvalue weighted by Gasteiger charge is 2.36. The molecular weight excluding hydrogens is 454 g/mol. The molecule has 33 heavy (non-hydrogen) atoms. The van der Waals surface area contributed by atoms with E-state index < -0.39 is 35.7 Å². The van der Waals surface area contributed by atoms with Crippen LogP contribution in [-0.4, -0.2) is 30.6 Å². The number of amides is 1. The summed E-state index contributed by atoms with van der Waals surface area (Å²) >= 11 is 0. The summed E-state index contributed by atoms with van der Waals surface area (Å²) in [6.07, 6.45) is -5.15. The molecule has 13 heteroatoms. The van der Waals surface area contributed by atoms with Crippen LogP contribution in [0.1, 0.15) is 52.0 Å². The molecule has 174 valence electrons. The van der Waals surface area contributed by atoms with Gasteiger partial charge < -0.3 is 5.32 Å². The minimum atomic E-state index is -4.70. The van der Waals surface area contributed by atoms with E-state index in [1.165, 1.54) is 19.3 Å². The first-order valence-corrected chi connectivity index (χ1v) is 9.75. The largest absolute Gasteiger partial charge is 0.435 e. The zero-order chi connectivity index (χ0) is 24.0. The Morgan fingerprint density at radius 3 is 2.48 bits per heavy atom. The van der Waals surface area contributed by atoms with Crippen molar-refractivity contribution in [3.8, 4) is 11.4 Å². The number of aryl methyl sites for hydroxylation is 2. The van der Waals surface area contributed by atoms with Gasteiger partial charge in [-0.25, -0.2) is 9.97 Å². The zero-order valence-corrected chi connectivity index (χ0v) is 17.0. The predicted octanol–water partition coefficient (Wildman–Crippen LogP) is 4.12. The molecule has 0 fully saturated rings. The number of pyridine rings is 1. The van der Waals surface area contributed by atoms with Gasteiger partial charge in [0, 0.05) is 31.1 Å². The summed E-state index contributed by atoms with van der Waals surface area (Å²) in [4.78, 5) is 24.5. The monoisotopic (exact) mass is 470 g/mol. The van der Waals surface area contributed by atoms with Crippen LogP contribution < -0.4 is 5.32 Å². The van der Waals surface area contributed by atoms with Crippen LogP contribution in [0.25, 0.3) is 11.4 Å². The van der Waals surface area contributed by atoms with Gasteiger partial charge in [-0.2, -0.15) is 31.4 Å². The SMILES string of the molecule is Cn1nc(C(F)(F)F)cc1C(=O)N[C@@H]1CCCc2cnc(-c3ccnc(C(F)(F)F)c3)nc21. The molecule has 3 heterocycles. The van der Waals surface area contributed by atoms with Gasteiger partial charge in [0.2, 0.25) is 0 Å². The van der Waals surface area contributed by atoms with Crippen LogP contribution in [0.5, 0.6) is 0 Å². The van der Waals surface area contributed by atoms with Gasteiger partial charge in [-0.05, 0) is 37.0 Å². The summed E-state index contributed by atoms with van der Waals surface area (Å²) < 4.78 is 78.6. The van der Waals surface area contributed by atoms with Crippen LogP contribution in [0, 0.1) is 0 Å². The van der Waals surface area contributed by atoms with Crippen LogP contribution in [0.4, 0.5) is 26.3 Å². The first-order valence-electron chi connectivity index (χ1n) is 9.75. The number of hydrogen-bond acceptors (Lipinski definition) is 5. The predicted molar refractivity (Wildman–Crippen MR) is 102 cm³/mol. The highest BCUT2D eigenvalue weighted by Crippen LogP contribution is 2.33. The molecule has 1 aliphatic carbocycles. The smallest absolute Gasteiger partial charge is 0.342 e. The number of nitrogens with one attached hydrogen (secondary N) is 1. The van der Waals surface area contributed by atoms with Crippen molar-refractivity contribution in [2.45, 2.75) is 37.7 Å². The van der Waals surface area contributed by atoms with Gasteiger partial charge in [0.05, 0.1) is 11.7 Å². The molecule has 1 amide bonds. The molecule has 0 saturated heterocycles. The number of halogens is 6. The lowest BCUT2D eigenvalue weighted by atomic mass is 9.92. The van der Waals surface area contributed by atoms with E-state index in [0.29, 0.717) is 36.6 Å². The Balaban J connectivity index is 1.63. The molecule has 0 aromatic carbocycles. The maximum atomic E-state index is 13.0. The van der Waals surface area contributed by atoms with E-state index in [-0.39, 0.29) is 17.1 Å². The average Bonchev–Trinajstić information content (AvgIpc) is 3.15. The Bertz CT molecular complexity index is 1200. The molecule has 0 saturated carbocycles. The standard InChI is InChI=1S/C20H16F6N6O/c1-32-13(8-15(31-32)20(24,25)26)18(33)29-12-4-2-3-11-9-28-17(30-16(11)12)10-5-6-27-14(7-10)19(21,22)23/h5-9,12H,2-4H2,1H3,(H,29,33)/t12-/m1/s1. The number of aromatic nitrogens is 5. The van der Waals surface area contributed by atoms with Crippen LogP contribution in [0.2, 0.25) is 0 Å². The third-order valence-electron chi connectivity index (χ3n) is 5.18. The van der Waals surface area contributed by atoms with Crippen LogP contribution in [-0.2, 0) is 25.8 Å². The molecule has 0 radical (unpaired) electrons. The summed E-state index contributed by atoms with van der Waals surface area (Å²) in [6.45, 7) is 0. The summed E-state index contributed by atoms with van der Waals surface area (Å²) in [5.41, 5.74) is -1.38. The lowest BCUT2D eigenvalue weighted by molar-refractivity contribution is -0.142. The van der Waals surface area contributed by atoms with Gasteiger partial charge in [-0.15, -0.1) is 0 Å². The van der Waals surface area contributed by atoms with Crippen LogP contribution >= 0.6 is 0 Å². The summed E-state index contributed by atoms with van der Waals surface area (Å²) in [7, 11) is 1.22. The fourth-order valence-corrected chi connectivity index (χ4v) is 3.60. The second-order valence-electron chi connectivity index (χ2n) is 7.49. The summed E-state index contributed by atoms with van der Waals surface area (Å²) in [5.74, 6) is -0.760. The number of carbonyl (C=O) groups excluding carboxylic acids is 1. The first-order chi connectivity index (χ1) is 15.4. The van der Waals surface area contributed by atoms with Crippen molar-refractivity contribution >= 4 is 5.91 Å². The number of rotatable bonds is 3. The molecule has 3 aromatic heterocycles. The van der Waals surface area contributed by atoms with Crippen molar-refractivity contribution in [2.75, 3.05) is 0 Å². The second-order valence-corrected chi connectivity index (χ2v) is 7.49. The number of fused-ring (bicyclic) bond motifs is 1. The van der Waals surface area contributed by atoms with E-state index in [0.717, 1.165) is 16.9 Å². The topological polar surface area (TPSA) is 85.6 Å². The normalized spacial score (nSPS) is 16.4. The maximum absolute atomic E-state index is 13.0. The first kappa shape index (κ1) is 22.7. The molecular formula is C20H16F6N6O. The number of hydrogen-bond donors (Lipinski definition) is 1. The van der Waals surface area contributed by atoms with E-state index in [1.807, 2.05) is 0 Å². The van der Waals surface area contributed by atoms with Crippen molar-refractivity contribution in [1.29, 1.82) is 0 Å². The number of alkyl halides is 6. The molecule has 0 bridgehead atoms. The zero-order valence-electron chi connectivity index (χ0n) is 17.0. The summed E-state index contributed by atoms with van der Waals surface area (Å²) in [5, 5.41) is 5.99. The fourth-order valence-electron chi connectivity index (χ4n) is 3.60.